The van der Waals surface area contributed by atoms with E-state index in [9.17, 15) is 52.7 Å². The summed E-state index contributed by atoms with van der Waals surface area (Å²) in [5.41, 5.74) is -6.24. The molecule has 0 aromatic heterocycles. The van der Waals surface area contributed by atoms with Gasteiger partial charge in [0.05, 0.1) is 22.3 Å². The summed E-state index contributed by atoms with van der Waals surface area (Å²) in [6.45, 7) is 15.0. The Balaban J connectivity index is 0.00000359. The van der Waals surface area contributed by atoms with Crippen molar-refractivity contribution in [1.29, 1.82) is 0 Å². The van der Waals surface area contributed by atoms with Crippen molar-refractivity contribution in [2.24, 2.45) is 5.92 Å². The zero-order valence-electron chi connectivity index (χ0n) is 34.9. The minimum Gasteiger partial charge on any atom is -0.358 e. The van der Waals surface area contributed by atoms with Gasteiger partial charge in [-0.05, 0) is 106 Å². The molecule has 3 atom stereocenters. The Bertz CT molecular complexity index is 1620. The number of benzene rings is 3. The quantitative estimate of drug-likeness (QED) is 0.1000. The van der Waals surface area contributed by atoms with Crippen molar-refractivity contribution < 1.29 is 69.8 Å². The monoisotopic (exact) mass is 946 g/mol. The molecular weight excluding hydrogens is 886 g/mol. The van der Waals surface area contributed by atoms with E-state index in [0.29, 0.717) is 36.2 Å². The van der Waals surface area contributed by atoms with Crippen molar-refractivity contribution in [3.8, 4) is 0 Å². The fourth-order valence-electron chi connectivity index (χ4n) is 8.82. The van der Waals surface area contributed by atoms with E-state index in [-0.39, 0.29) is 84.6 Å². The van der Waals surface area contributed by atoms with Crippen molar-refractivity contribution in [3.63, 3.8) is 0 Å². The predicted molar refractivity (Wildman–Crippen MR) is 224 cm³/mol. The van der Waals surface area contributed by atoms with Gasteiger partial charge in [-0.15, -0.1) is 0 Å². The maximum atomic E-state index is 14.1. The van der Waals surface area contributed by atoms with Crippen LogP contribution >= 0.6 is 15.8 Å². The molecule has 0 radical (unpaired) electrons. The molecule has 60 heavy (non-hydrogen) atoms. The van der Waals surface area contributed by atoms with E-state index in [4.69, 9.17) is 0 Å². The second-order valence-corrected chi connectivity index (χ2v) is 23.3. The van der Waals surface area contributed by atoms with Crippen LogP contribution in [-0.4, -0.2) is 16.0 Å². The van der Waals surface area contributed by atoms with Crippen LogP contribution in [0.1, 0.15) is 141 Å². The first-order chi connectivity index (χ1) is 25.5. The Hall–Kier alpha value is -1.80. The molecule has 0 spiro atoms. The van der Waals surface area contributed by atoms with E-state index in [2.05, 4.69) is 48.5 Å². The SMILES string of the molecule is C.C1CCCC1.C[C@H](C1CCCC1c1ccccc1P(c1cc(C(F)(F)F)cc(C(F)(F)F)c1)c1cc(C(F)(F)F)cc(C(F)(F)F)c1)P(C(C)(C)C)C(C)(C)C.[CH3-].[CH3-].[Fe+2]. The second-order valence-electron chi connectivity index (χ2n) is 16.8. The molecule has 0 amide bonds. The van der Waals surface area contributed by atoms with Crippen molar-refractivity contribution in [2.45, 2.75) is 154 Å². The van der Waals surface area contributed by atoms with Gasteiger partial charge in [0.1, 0.15) is 0 Å². The number of hydrogen-bond acceptors (Lipinski definition) is 0. The summed E-state index contributed by atoms with van der Waals surface area (Å²) in [7, 11) is -3.54. The Labute approximate surface area is 363 Å². The van der Waals surface area contributed by atoms with E-state index in [1.54, 1.807) is 12.1 Å². The smallest absolute Gasteiger partial charge is 0.358 e. The Morgan fingerprint density at radius 1 is 0.517 bits per heavy atom. The van der Waals surface area contributed by atoms with Crippen LogP contribution in [0.5, 0.6) is 0 Å². The van der Waals surface area contributed by atoms with E-state index < -0.39 is 73.4 Å². The molecular formula is C45H60F12FeP2. The molecule has 0 saturated heterocycles. The van der Waals surface area contributed by atoms with Crippen LogP contribution in [0.3, 0.4) is 0 Å². The summed E-state index contributed by atoms with van der Waals surface area (Å²) in [4.78, 5) is 0. The van der Waals surface area contributed by atoms with Crippen LogP contribution in [0.15, 0.2) is 60.7 Å². The molecule has 15 heteroatoms. The van der Waals surface area contributed by atoms with Crippen molar-refractivity contribution in [1.82, 2.24) is 0 Å². The Morgan fingerprint density at radius 3 is 1.17 bits per heavy atom. The largest absolute Gasteiger partial charge is 2.00 e. The molecule has 5 rings (SSSR count). The summed E-state index contributed by atoms with van der Waals surface area (Å²) in [6.07, 6.45) is -11.6. The number of rotatable bonds is 6. The first-order valence-electron chi connectivity index (χ1n) is 18.8. The predicted octanol–water partition coefficient (Wildman–Crippen LogP) is 16.4. The zero-order valence-corrected chi connectivity index (χ0v) is 37.8. The maximum absolute atomic E-state index is 14.1. The average Bonchev–Trinajstić information content (AvgIpc) is 3.78. The molecule has 0 nitrogen and oxygen atoms in total. The van der Waals surface area contributed by atoms with Gasteiger partial charge in [0, 0.05) is 0 Å². The average molecular weight is 947 g/mol. The van der Waals surface area contributed by atoms with E-state index >= 15 is 0 Å². The van der Waals surface area contributed by atoms with Gasteiger partial charge in [-0.1, -0.05) is 127 Å². The zero-order chi connectivity index (χ0) is 42.2. The van der Waals surface area contributed by atoms with Gasteiger partial charge < -0.3 is 14.9 Å². The van der Waals surface area contributed by atoms with Gasteiger partial charge >= 0.3 is 41.8 Å². The summed E-state index contributed by atoms with van der Waals surface area (Å²) in [6, 6.07) is 7.61. The van der Waals surface area contributed by atoms with Crippen molar-refractivity contribution >= 4 is 31.8 Å². The molecule has 2 saturated carbocycles. The van der Waals surface area contributed by atoms with Gasteiger partial charge in [-0.25, -0.2) is 0 Å². The van der Waals surface area contributed by atoms with Crippen LogP contribution in [0.4, 0.5) is 52.7 Å². The molecule has 0 heterocycles. The standard InChI is InChI=1S/C37H40F12P2.C5H10.CH4.2CH3.Fe/c1-21(51(32(2,3)4)33(5,6)7)28-12-10-13-29(28)30-11-8-9-14-31(30)50(26-17-22(34(38,39)40)15-23(18-26)35(41,42)43)27-19-24(36(44,45)46)16-25(20-27)37(47,48)49;1-2-4-5-3-1;;;;/h8-9,11,14-21,28-29H,10,12-13H2,1-7H3;1-5H2;1H4;2*1H3;/q;;;2*-1;+2/t21-,28?,29?;;;;;/m1...../s1. The number of halogens is 12. The Kier molecular flexibility index (Phi) is 21.1. The first kappa shape index (κ1) is 58.2. The Morgan fingerprint density at radius 2 is 0.850 bits per heavy atom. The minimum absolute atomic E-state index is 0. The van der Waals surface area contributed by atoms with Crippen LogP contribution < -0.4 is 15.9 Å². The number of alkyl halides is 12. The third-order valence-corrected chi connectivity index (χ3v) is 17.1. The molecule has 0 N–H and O–H groups in total. The summed E-state index contributed by atoms with van der Waals surface area (Å²) < 4.78 is 169. The summed E-state index contributed by atoms with van der Waals surface area (Å²) >= 11 is 0. The van der Waals surface area contributed by atoms with Crippen LogP contribution in [-0.2, 0) is 41.8 Å². The first-order valence-corrected chi connectivity index (χ1v) is 21.5. The van der Waals surface area contributed by atoms with E-state index in [0.717, 1.165) is 12.8 Å². The minimum atomic E-state index is -5.30. The molecule has 3 aromatic carbocycles. The number of hydrogen-bond donors (Lipinski definition) is 0. The summed E-state index contributed by atoms with van der Waals surface area (Å²) in [5.74, 6) is -0.302. The summed E-state index contributed by atoms with van der Waals surface area (Å²) in [5, 5.41) is -1.43. The third-order valence-electron chi connectivity index (χ3n) is 10.5. The van der Waals surface area contributed by atoms with Crippen molar-refractivity contribution in [3.05, 3.63) is 103 Å². The van der Waals surface area contributed by atoms with Crippen LogP contribution in [0, 0.1) is 20.8 Å². The third kappa shape index (κ3) is 14.6. The molecule has 2 aliphatic rings. The molecule has 3 aromatic rings. The normalized spacial score (nSPS) is 18.1. The van der Waals surface area contributed by atoms with E-state index in [1.165, 1.54) is 44.2 Å². The topological polar surface area (TPSA) is 0 Å². The maximum Gasteiger partial charge on any atom is 2.00 e. The fraction of sp³-hybridized carbons (Fsp3) is 0.556. The molecule has 0 bridgehead atoms. The fourth-order valence-corrected chi connectivity index (χ4v) is 16.7. The second kappa shape index (κ2) is 21.7. The molecule has 2 fully saturated rings. The molecule has 0 aliphatic heterocycles. The van der Waals surface area contributed by atoms with Gasteiger partial charge in [-0.2, -0.15) is 52.7 Å². The van der Waals surface area contributed by atoms with Gasteiger partial charge in [0.2, 0.25) is 0 Å². The van der Waals surface area contributed by atoms with Crippen LogP contribution in [0.2, 0.25) is 0 Å². The van der Waals surface area contributed by atoms with Crippen molar-refractivity contribution in [2.75, 3.05) is 0 Å². The van der Waals surface area contributed by atoms with Gasteiger partial charge in [0.25, 0.3) is 0 Å². The van der Waals surface area contributed by atoms with Gasteiger partial charge in [0.15, 0.2) is 0 Å². The molecule has 342 valence electrons. The van der Waals surface area contributed by atoms with E-state index in [1.807, 2.05) is 0 Å². The molecule has 2 unspecified atom stereocenters. The molecule has 2 aliphatic carbocycles. The van der Waals surface area contributed by atoms with Crippen LogP contribution in [0.25, 0.3) is 0 Å². The van der Waals surface area contributed by atoms with Gasteiger partial charge in [-0.3, -0.25) is 0 Å².